The lowest BCUT2D eigenvalue weighted by Gasteiger charge is -2.12. The number of para-hydroxylation sites is 2. The lowest BCUT2D eigenvalue weighted by atomic mass is 10.3. The molecule has 0 atom stereocenters. The van der Waals surface area contributed by atoms with Crippen LogP contribution in [0.4, 0.5) is 0 Å². The van der Waals surface area contributed by atoms with Crippen LogP contribution in [0.15, 0.2) is 45.2 Å². The van der Waals surface area contributed by atoms with Gasteiger partial charge in [0.2, 0.25) is 0 Å². The standard InChI is InChI=1S/C18H22BrN5S/c1-13-23-15-6-3-4-7-16(15)24(13)11-5-10-21-18(20-2)22-12-14-8-9-17(19)25-14/h3-4,6-9H,5,10-12H2,1-2H3,(H2,20,21,22). The average Bonchev–Trinajstić information content (AvgIpc) is 3.17. The van der Waals surface area contributed by atoms with Crippen LogP contribution in [0, 0.1) is 6.92 Å². The molecule has 2 heterocycles. The summed E-state index contributed by atoms with van der Waals surface area (Å²) in [7, 11) is 1.80. The third-order valence-electron chi connectivity index (χ3n) is 3.98. The molecule has 0 fully saturated rings. The Morgan fingerprint density at radius 2 is 2.08 bits per heavy atom. The van der Waals surface area contributed by atoms with Crippen LogP contribution in [0.3, 0.4) is 0 Å². The number of hydrogen-bond acceptors (Lipinski definition) is 3. The number of aryl methyl sites for hydroxylation is 2. The number of halogens is 1. The summed E-state index contributed by atoms with van der Waals surface area (Å²) in [5.74, 6) is 1.89. The maximum atomic E-state index is 4.61. The fourth-order valence-corrected chi connectivity index (χ4v) is 4.18. The number of aliphatic imine (C=N–C) groups is 1. The van der Waals surface area contributed by atoms with Gasteiger partial charge in [-0.3, -0.25) is 4.99 Å². The number of nitrogens with zero attached hydrogens (tertiary/aromatic N) is 3. The van der Waals surface area contributed by atoms with Gasteiger partial charge in [-0.1, -0.05) is 12.1 Å². The molecule has 3 aromatic rings. The molecule has 25 heavy (non-hydrogen) atoms. The first-order valence-corrected chi connectivity index (χ1v) is 9.89. The van der Waals surface area contributed by atoms with Crippen molar-refractivity contribution in [1.82, 2.24) is 20.2 Å². The van der Waals surface area contributed by atoms with E-state index in [1.807, 2.05) is 6.07 Å². The van der Waals surface area contributed by atoms with Crippen LogP contribution in [0.5, 0.6) is 0 Å². The molecule has 7 heteroatoms. The zero-order valence-corrected chi connectivity index (χ0v) is 16.8. The molecular formula is C18H22BrN5S. The third kappa shape index (κ3) is 4.61. The van der Waals surface area contributed by atoms with Crippen molar-refractivity contribution in [1.29, 1.82) is 0 Å². The highest BCUT2D eigenvalue weighted by molar-refractivity contribution is 9.11. The third-order valence-corrected chi connectivity index (χ3v) is 5.60. The Balaban J connectivity index is 1.47. The monoisotopic (exact) mass is 419 g/mol. The van der Waals surface area contributed by atoms with Crippen molar-refractivity contribution in [2.45, 2.75) is 26.4 Å². The molecule has 0 aliphatic carbocycles. The van der Waals surface area contributed by atoms with E-state index in [9.17, 15) is 0 Å². The largest absolute Gasteiger partial charge is 0.356 e. The summed E-state index contributed by atoms with van der Waals surface area (Å²) in [6.07, 6.45) is 1.01. The molecule has 0 saturated carbocycles. The zero-order valence-electron chi connectivity index (χ0n) is 14.4. The van der Waals surface area contributed by atoms with Gasteiger partial charge in [-0.2, -0.15) is 0 Å². The molecular weight excluding hydrogens is 398 g/mol. The smallest absolute Gasteiger partial charge is 0.191 e. The molecule has 0 aliphatic rings. The molecule has 1 aromatic carbocycles. The molecule has 0 radical (unpaired) electrons. The molecule has 3 rings (SSSR count). The molecule has 5 nitrogen and oxygen atoms in total. The van der Waals surface area contributed by atoms with Gasteiger partial charge in [-0.15, -0.1) is 11.3 Å². The van der Waals surface area contributed by atoms with Crippen molar-refractivity contribution in [2.75, 3.05) is 13.6 Å². The molecule has 2 N–H and O–H groups in total. The number of nitrogens with one attached hydrogen (secondary N) is 2. The molecule has 0 bridgehead atoms. The van der Waals surface area contributed by atoms with Gasteiger partial charge in [-0.25, -0.2) is 4.98 Å². The first-order chi connectivity index (χ1) is 12.2. The SMILES string of the molecule is CN=C(NCCCn1c(C)nc2ccccc21)NCc1ccc(Br)s1. The van der Waals surface area contributed by atoms with E-state index in [0.717, 1.165) is 47.1 Å². The number of fused-ring (bicyclic) bond motifs is 1. The lowest BCUT2D eigenvalue weighted by molar-refractivity contribution is 0.624. The van der Waals surface area contributed by atoms with Crippen LogP contribution in [-0.2, 0) is 13.1 Å². The highest BCUT2D eigenvalue weighted by Crippen LogP contribution is 2.21. The predicted octanol–water partition coefficient (Wildman–Crippen LogP) is 3.92. The fraction of sp³-hybridized carbons (Fsp3) is 0.333. The molecule has 0 aliphatic heterocycles. The van der Waals surface area contributed by atoms with Crippen molar-refractivity contribution in [3.05, 3.63) is 50.9 Å². The van der Waals surface area contributed by atoms with Crippen LogP contribution in [-0.4, -0.2) is 29.1 Å². The fourth-order valence-electron chi connectivity index (χ4n) is 2.76. The molecule has 0 spiro atoms. The Bertz CT molecular complexity index is 867. The van der Waals surface area contributed by atoms with Crippen molar-refractivity contribution >= 4 is 44.3 Å². The van der Waals surface area contributed by atoms with Crippen LogP contribution in [0.1, 0.15) is 17.1 Å². The van der Waals surface area contributed by atoms with Gasteiger partial charge < -0.3 is 15.2 Å². The zero-order chi connectivity index (χ0) is 17.6. The van der Waals surface area contributed by atoms with E-state index < -0.39 is 0 Å². The first-order valence-electron chi connectivity index (χ1n) is 8.28. The summed E-state index contributed by atoms with van der Waals surface area (Å²) in [5, 5.41) is 6.72. The first kappa shape index (κ1) is 17.9. The summed E-state index contributed by atoms with van der Waals surface area (Å²) < 4.78 is 3.42. The van der Waals surface area contributed by atoms with Crippen molar-refractivity contribution in [3.63, 3.8) is 0 Å². The van der Waals surface area contributed by atoms with Gasteiger partial charge in [-0.05, 0) is 53.5 Å². The van der Waals surface area contributed by atoms with E-state index in [4.69, 9.17) is 0 Å². The number of imidazole rings is 1. The van der Waals surface area contributed by atoms with E-state index in [2.05, 4.69) is 78.4 Å². The number of thiophene rings is 1. The highest BCUT2D eigenvalue weighted by atomic mass is 79.9. The van der Waals surface area contributed by atoms with E-state index >= 15 is 0 Å². The maximum absolute atomic E-state index is 4.61. The van der Waals surface area contributed by atoms with Gasteiger partial charge in [0.15, 0.2) is 5.96 Å². The second kappa shape index (κ2) is 8.49. The summed E-state index contributed by atoms with van der Waals surface area (Å²) in [4.78, 5) is 10.2. The predicted molar refractivity (Wildman–Crippen MR) is 109 cm³/mol. The van der Waals surface area contributed by atoms with Gasteiger partial charge in [0.25, 0.3) is 0 Å². The maximum Gasteiger partial charge on any atom is 0.191 e. The van der Waals surface area contributed by atoms with Crippen LogP contribution in [0.25, 0.3) is 11.0 Å². The van der Waals surface area contributed by atoms with Gasteiger partial charge >= 0.3 is 0 Å². The summed E-state index contributed by atoms with van der Waals surface area (Å²) >= 11 is 5.22. The summed E-state index contributed by atoms with van der Waals surface area (Å²) in [6.45, 7) is 4.64. The molecule has 132 valence electrons. The Morgan fingerprint density at radius 3 is 2.84 bits per heavy atom. The topological polar surface area (TPSA) is 54.2 Å². The average molecular weight is 420 g/mol. The Kier molecular flexibility index (Phi) is 6.09. The van der Waals surface area contributed by atoms with Crippen LogP contribution in [0.2, 0.25) is 0 Å². The number of benzene rings is 1. The number of aromatic nitrogens is 2. The van der Waals surface area contributed by atoms with Crippen LogP contribution < -0.4 is 10.6 Å². The quantitative estimate of drug-likeness (QED) is 0.361. The Morgan fingerprint density at radius 1 is 1.24 bits per heavy atom. The number of rotatable bonds is 6. The Labute approximate surface area is 160 Å². The van der Waals surface area contributed by atoms with Gasteiger partial charge in [0, 0.05) is 25.0 Å². The normalized spacial score (nSPS) is 11.9. The minimum Gasteiger partial charge on any atom is -0.356 e. The summed E-state index contributed by atoms with van der Waals surface area (Å²) in [6, 6.07) is 12.5. The molecule has 0 amide bonds. The minimum absolute atomic E-state index is 0.779. The second-order valence-electron chi connectivity index (χ2n) is 5.71. The number of hydrogen-bond donors (Lipinski definition) is 2. The van der Waals surface area contributed by atoms with E-state index in [-0.39, 0.29) is 0 Å². The van der Waals surface area contributed by atoms with Crippen molar-refractivity contribution < 1.29 is 0 Å². The highest BCUT2D eigenvalue weighted by Gasteiger charge is 2.06. The second-order valence-corrected chi connectivity index (χ2v) is 8.26. The van der Waals surface area contributed by atoms with E-state index in [1.54, 1.807) is 18.4 Å². The molecule has 0 saturated heterocycles. The van der Waals surface area contributed by atoms with Gasteiger partial charge in [0.05, 0.1) is 21.4 Å². The Hall–Kier alpha value is -1.86. The van der Waals surface area contributed by atoms with Gasteiger partial charge in [0.1, 0.15) is 5.82 Å². The van der Waals surface area contributed by atoms with Crippen molar-refractivity contribution in [2.24, 2.45) is 4.99 Å². The van der Waals surface area contributed by atoms with Crippen LogP contribution >= 0.6 is 27.3 Å². The van der Waals surface area contributed by atoms with E-state index in [0.29, 0.717) is 0 Å². The molecule has 2 aromatic heterocycles. The number of guanidine groups is 1. The summed E-state index contributed by atoms with van der Waals surface area (Å²) in [5.41, 5.74) is 2.26. The molecule has 0 unspecified atom stereocenters. The lowest BCUT2D eigenvalue weighted by Crippen LogP contribution is -2.37. The minimum atomic E-state index is 0.779. The van der Waals surface area contributed by atoms with E-state index in [1.165, 1.54) is 10.4 Å². The van der Waals surface area contributed by atoms with Crippen molar-refractivity contribution in [3.8, 4) is 0 Å².